The van der Waals surface area contributed by atoms with E-state index in [-0.39, 0.29) is 11.9 Å². The van der Waals surface area contributed by atoms with E-state index in [1.165, 1.54) is 0 Å². The zero-order valence-corrected chi connectivity index (χ0v) is 11.2. The number of nitrogens with zero attached hydrogens (tertiary/aromatic N) is 2. The summed E-state index contributed by atoms with van der Waals surface area (Å²) in [5.74, 6) is 0.0445. The standard InChI is InChI=1S/C11H24N4O2/c1-5-11(6-2,9(12)14-17)13-10(16)15(7-3)8-4/h17H,5-8H2,1-4H3,(H2,12,14)(H,13,16). The van der Waals surface area contributed by atoms with E-state index in [4.69, 9.17) is 10.9 Å². The molecule has 0 aromatic heterocycles. The summed E-state index contributed by atoms with van der Waals surface area (Å²) in [4.78, 5) is 13.6. The van der Waals surface area contributed by atoms with Crippen molar-refractivity contribution in [3.8, 4) is 0 Å². The average molecular weight is 244 g/mol. The first-order valence-corrected chi connectivity index (χ1v) is 6.06. The number of nitrogens with two attached hydrogens (primary N) is 1. The molecule has 2 amide bonds. The molecule has 0 unspecified atom stereocenters. The fourth-order valence-corrected chi connectivity index (χ4v) is 1.74. The molecule has 0 aliphatic rings. The van der Waals surface area contributed by atoms with Gasteiger partial charge >= 0.3 is 6.03 Å². The zero-order valence-electron chi connectivity index (χ0n) is 11.2. The van der Waals surface area contributed by atoms with Crippen molar-refractivity contribution in [1.29, 1.82) is 0 Å². The van der Waals surface area contributed by atoms with Gasteiger partial charge in [-0.15, -0.1) is 0 Å². The lowest BCUT2D eigenvalue weighted by molar-refractivity contribution is 0.192. The molecule has 0 spiro atoms. The molecule has 6 heteroatoms. The second-order valence-electron chi connectivity index (χ2n) is 3.88. The highest BCUT2D eigenvalue weighted by molar-refractivity contribution is 5.93. The number of rotatable bonds is 6. The molecule has 0 saturated carbocycles. The Kier molecular flexibility index (Phi) is 6.38. The predicted octanol–water partition coefficient (Wildman–Crippen LogP) is 1.34. The second kappa shape index (κ2) is 6.98. The van der Waals surface area contributed by atoms with E-state index in [0.29, 0.717) is 25.9 Å². The topological polar surface area (TPSA) is 91.0 Å². The summed E-state index contributed by atoms with van der Waals surface area (Å²) in [6.07, 6.45) is 1.15. The lowest BCUT2D eigenvalue weighted by Gasteiger charge is -2.33. The van der Waals surface area contributed by atoms with Crippen molar-refractivity contribution in [2.75, 3.05) is 13.1 Å². The van der Waals surface area contributed by atoms with E-state index in [9.17, 15) is 4.79 Å². The minimum atomic E-state index is -0.769. The summed E-state index contributed by atoms with van der Waals surface area (Å²) in [6.45, 7) is 8.86. The number of nitrogens with one attached hydrogen (secondary N) is 1. The number of oxime groups is 1. The van der Waals surface area contributed by atoms with E-state index >= 15 is 0 Å². The third-order valence-corrected chi connectivity index (χ3v) is 3.20. The molecule has 0 fully saturated rings. The molecule has 6 nitrogen and oxygen atoms in total. The molecule has 0 aliphatic heterocycles. The van der Waals surface area contributed by atoms with Gasteiger partial charge in [0, 0.05) is 13.1 Å². The Hall–Kier alpha value is -1.46. The first-order chi connectivity index (χ1) is 8.01. The number of carbonyl (C=O) groups is 1. The first kappa shape index (κ1) is 15.5. The molecule has 0 heterocycles. The fraction of sp³-hybridized carbons (Fsp3) is 0.818. The quantitative estimate of drug-likeness (QED) is 0.285. The SMILES string of the molecule is CCN(CC)C(=O)NC(CC)(CC)C(N)=NO. The van der Waals surface area contributed by atoms with E-state index in [1.807, 2.05) is 27.7 Å². The van der Waals surface area contributed by atoms with Gasteiger partial charge in [0.1, 0.15) is 5.54 Å². The third kappa shape index (κ3) is 3.51. The van der Waals surface area contributed by atoms with E-state index in [2.05, 4.69) is 10.5 Å². The summed E-state index contributed by atoms with van der Waals surface area (Å²) in [5, 5.41) is 14.7. The molecular weight excluding hydrogens is 220 g/mol. The molecule has 0 radical (unpaired) electrons. The number of hydrogen-bond acceptors (Lipinski definition) is 3. The average Bonchev–Trinajstić information content (AvgIpc) is 2.36. The van der Waals surface area contributed by atoms with Gasteiger partial charge in [-0.2, -0.15) is 0 Å². The molecule has 4 N–H and O–H groups in total. The Balaban J connectivity index is 4.94. The monoisotopic (exact) mass is 244 g/mol. The summed E-state index contributed by atoms with van der Waals surface area (Å²) in [7, 11) is 0. The number of carbonyl (C=O) groups excluding carboxylic acids is 1. The summed E-state index contributed by atoms with van der Waals surface area (Å²) in [5.41, 5.74) is 4.90. The molecule has 0 aromatic carbocycles. The highest BCUT2D eigenvalue weighted by Crippen LogP contribution is 2.16. The van der Waals surface area contributed by atoms with Gasteiger partial charge in [0.15, 0.2) is 5.84 Å². The molecular formula is C11H24N4O2. The van der Waals surface area contributed by atoms with Gasteiger partial charge in [0.2, 0.25) is 0 Å². The Morgan fingerprint density at radius 1 is 1.29 bits per heavy atom. The van der Waals surface area contributed by atoms with Crippen LogP contribution in [0.5, 0.6) is 0 Å². The Labute approximate surface area is 103 Å². The summed E-state index contributed by atoms with van der Waals surface area (Å²) in [6, 6.07) is -0.190. The van der Waals surface area contributed by atoms with Crippen LogP contribution in [-0.2, 0) is 0 Å². The predicted molar refractivity (Wildman–Crippen MR) is 68.2 cm³/mol. The van der Waals surface area contributed by atoms with Gasteiger partial charge in [-0.3, -0.25) is 0 Å². The Morgan fingerprint density at radius 2 is 1.76 bits per heavy atom. The van der Waals surface area contributed by atoms with Crippen molar-refractivity contribution < 1.29 is 10.0 Å². The van der Waals surface area contributed by atoms with Crippen molar-refractivity contribution in [1.82, 2.24) is 10.2 Å². The molecule has 0 saturated heterocycles. The normalized spacial score (nSPS) is 12.4. The maximum Gasteiger partial charge on any atom is 0.318 e. The van der Waals surface area contributed by atoms with Crippen LogP contribution in [0.15, 0.2) is 5.16 Å². The van der Waals surface area contributed by atoms with Crippen LogP contribution >= 0.6 is 0 Å². The van der Waals surface area contributed by atoms with Crippen LogP contribution in [0.3, 0.4) is 0 Å². The van der Waals surface area contributed by atoms with Gasteiger partial charge in [0.25, 0.3) is 0 Å². The molecule has 100 valence electrons. The lowest BCUT2D eigenvalue weighted by atomic mass is 9.91. The third-order valence-electron chi connectivity index (χ3n) is 3.20. The van der Waals surface area contributed by atoms with Crippen molar-refractivity contribution in [3.05, 3.63) is 0 Å². The van der Waals surface area contributed by atoms with Crippen LogP contribution < -0.4 is 11.1 Å². The van der Waals surface area contributed by atoms with E-state index < -0.39 is 5.54 Å². The van der Waals surface area contributed by atoms with E-state index in [0.717, 1.165) is 0 Å². The van der Waals surface area contributed by atoms with E-state index in [1.54, 1.807) is 4.90 Å². The maximum atomic E-state index is 12.0. The number of hydrogen-bond donors (Lipinski definition) is 3. The number of amides is 2. The molecule has 0 bridgehead atoms. The smallest absolute Gasteiger partial charge is 0.318 e. The molecule has 0 aromatic rings. The van der Waals surface area contributed by atoms with Gasteiger partial charge in [-0.05, 0) is 26.7 Å². The highest BCUT2D eigenvalue weighted by atomic mass is 16.4. The molecule has 0 rings (SSSR count). The number of urea groups is 1. The Bertz CT molecular complexity index is 271. The van der Waals surface area contributed by atoms with Crippen molar-refractivity contribution in [2.24, 2.45) is 10.9 Å². The van der Waals surface area contributed by atoms with Crippen LogP contribution in [0.2, 0.25) is 0 Å². The molecule has 0 atom stereocenters. The van der Waals surface area contributed by atoms with Crippen molar-refractivity contribution in [2.45, 2.75) is 46.1 Å². The van der Waals surface area contributed by atoms with Gasteiger partial charge in [-0.25, -0.2) is 4.79 Å². The van der Waals surface area contributed by atoms with Crippen LogP contribution in [0.25, 0.3) is 0 Å². The zero-order chi connectivity index (χ0) is 13.5. The van der Waals surface area contributed by atoms with Crippen molar-refractivity contribution in [3.63, 3.8) is 0 Å². The number of amidine groups is 1. The first-order valence-electron chi connectivity index (χ1n) is 6.06. The largest absolute Gasteiger partial charge is 0.409 e. The van der Waals surface area contributed by atoms with Crippen LogP contribution in [-0.4, -0.2) is 40.6 Å². The summed E-state index contributed by atoms with van der Waals surface area (Å²) >= 11 is 0. The van der Waals surface area contributed by atoms with Crippen LogP contribution in [0.4, 0.5) is 4.79 Å². The van der Waals surface area contributed by atoms with Crippen LogP contribution in [0.1, 0.15) is 40.5 Å². The van der Waals surface area contributed by atoms with Crippen molar-refractivity contribution >= 4 is 11.9 Å². The molecule has 17 heavy (non-hydrogen) atoms. The van der Waals surface area contributed by atoms with Gasteiger partial charge in [-0.1, -0.05) is 19.0 Å². The van der Waals surface area contributed by atoms with Gasteiger partial charge < -0.3 is 21.2 Å². The minimum Gasteiger partial charge on any atom is -0.409 e. The van der Waals surface area contributed by atoms with Crippen LogP contribution in [0, 0.1) is 0 Å². The summed E-state index contributed by atoms with van der Waals surface area (Å²) < 4.78 is 0. The van der Waals surface area contributed by atoms with Gasteiger partial charge in [0.05, 0.1) is 0 Å². The fourth-order valence-electron chi connectivity index (χ4n) is 1.74. The molecule has 0 aliphatic carbocycles. The minimum absolute atomic E-state index is 0.0445. The lowest BCUT2D eigenvalue weighted by Crippen LogP contribution is -2.59. The second-order valence-corrected chi connectivity index (χ2v) is 3.88. The highest BCUT2D eigenvalue weighted by Gasteiger charge is 2.34. The maximum absolute atomic E-state index is 12.0. The Morgan fingerprint density at radius 3 is 2.06 bits per heavy atom.